The molecule has 0 aliphatic heterocycles. The molecule has 3 rings (SSSR count). The topological polar surface area (TPSA) is 63.4 Å². The number of benzene rings is 3. The predicted octanol–water partition coefficient (Wildman–Crippen LogP) is 3.84. The second kappa shape index (κ2) is 6.47. The molecule has 122 valence electrons. The van der Waals surface area contributed by atoms with Gasteiger partial charge in [-0.05, 0) is 55.5 Å². The van der Waals surface area contributed by atoms with E-state index in [4.69, 9.17) is 5.84 Å². The fourth-order valence-electron chi connectivity index (χ4n) is 2.38. The van der Waals surface area contributed by atoms with Crippen LogP contribution in [0, 0.1) is 6.92 Å². The highest BCUT2D eigenvalue weighted by molar-refractivity contribution is 7.91. The molecule has 0 atom stereocenters. The van der Waals surface area contributed by atoms with Crippen LogP contribution >= 0.6 is 0 Å². The van der Waals surface area contributed by atoms with Crippen LogP contribution < -0.4 is 10.9 Å². The van der Waals surface area contributed by atoms with Gasteiger partial charge in [0.25, 0.3) is 0 Å². The van der Waals surface area contributed by atoms with Gasteiger partial charge in [0.15, 0.2) is 0 Å². The van der Waals surface area contributed by atoms with Crippen molar-refractivity contribution in [1.82, 2.24) is 0 Å². The van der Waals surface area contributed by atoms with Crippen molar-refractivity contribution in [3.05, 3.63) is 84.4 Å². The van der Waals surface area contributed by atoms with Crippen molar-refractivity contribution in [1.29, 1.82) is 0 Å². The van der Waals surface area contributed by atoms with E-state index >= 15 is 0 Å². The number of hydrogen-bond donors (Lipinski definition) is 1. The summed E-state index contributed by atoms with van der Waals surface area (Å²) in [6.45, 7) is 2.01. The molecule has 0 aliphatic carbocycles. The van der Waals surface area contributed by atoms with Crippen LogP contribution in [0.1, 0.15) is 5.56 Å². The minimum Gasteiger partial charge on any atom is -0.280 e. The van der Waals surface area contributed by atoms with E-state index in [2.05, 4.69) is 0 Å². The Labute approximate surface area is 142 Å². The van der Waals surface area contributed by atoms with Gasteiger partial charge in [-0.2, -0.15) is 0 Å². The van der Waals surface area contributed by atoms with Gasteiger partial charge in [0.1, 0.15) is 0 Å². The quantitative estimate of drug-likeness (QED) is 0.580. The largest absolute Gasteiger partial charge is 0.280 e. The summed E-state index contributed by atoms with van der Waals surface area (Å²) >= 11 is 0. The molecule has 24 heavy (non-hydrogen) atoms. The van der Waals surface area contributed by atoms with Crippen molar-refractivity contribution in [3.8, 4) is 0 Å². The average Bonchev–Trinajstić information content (AvgIpc) is 2.62. The molecule has 0 unspecified atom stereocenters. The second-order valence-electron chi connectivity index (χ2n) is 5.52. The van der Waals surface area contributed by atoms with Crippen molar-refractivity contribution in [3.63, 3.8) is 0 Å². The minimum atomic E-state index is -3.51. The highest BCUT2D eigenvalue weighted by Gasteiger charge is 2.17. The molecule has 0 fully saturated rings. The Morgan fingerprint density at radius 1 is 0.708 bits per heavy atom. The molecule has 5 heteroatoms. The average molecular weight is 338 g/mol. The first-order valence-electron chi connectivity index (χ1n) is 7.50. The fourth-order valence-corrected chi connectivity index (χ4v) is 3.66. The summed E-state index contributed by atoms with van der Waals surface area (Å²) in [5.41, 5.74) is 2.70. The lowest BCUT2D eigenvalue weighted by atomic mass is 10.2. The van der Waals surface area contributed by atoms with E-state index in [1.54, 1.807) is 54.6 Å². The summed E-state index contributed by atoms with van der Waals surface area (Å²) in [5, 5.41) is 1.53. The molecule has 0 radical (unpaired) electrons. The van der Waals surface area contributed by atoms with Gasteiger partial charge in [0.05, 0.1) is 21.2 Å². The van der Waals surface area contributed by atoms with E-state index in [9.17, 15) is 8.42 Å². The highest BCUT2D eigenvalue weighted by atomic mass is 32.2. The SMILES string of the molecule is Cc1ccc(N(N)c2ccc(S(=O)(=O)c3ccccc3)cc2)cc1. The maximum Gasteiger partial charge on any atom is 0.206 e. The zero-order valence-corrected chi connectivity index (χ0v) is 14.1. The zero-order valence-electron chi connectivity index (χ0n) is 13.3. The summed E-state index contributed by atoms with van der Waals surface area (Å²) in [5.74, 6) is 6.12. The molecule has 0 bridgehead atoms. The predicted molar refractivity (Wildman–Crippen MR) is 95.8 cm³/mol. The van der Waals surface area contributed by atoms with Crippen molar-refractivity contribution < 1.29 is 8.42 Å². The van der Waals surface area contributed by atoms with Gasteiger partial charge in [0, 0.05) is 0 Å². The molecular formula is C19H18N2O2S. The lowest BCUT2D eigenvalue weighted by Gasteiger charge is -2.19. The van der Waals surface area contributed by atoms with Crippen LogP contribution in [0.4, 0.5) is 11.4 Å². The normalized spacial score (nSPS) is 11.2. The maximum absolute atomic E-state index is 12.6. The molecule has 0 aliphatic rings. The molecule has 0 amide bonds. The van der Waals surface area contributed by atoms with Gasteiger partial charge in [0.2, 0.25) is 9.84 Å². The third kappa shape index (κ3) is 3.18. The number of nitrogens with two attached hydrogens (primary N) is 1. The Hall–Kier alpha value is -2.63. The first kappa shape index (κ1) is 16.2. The van der Waals surface area contributed by atoms with Crippen molar-refractivity contribution in [2.24, 2.45) is 5.84 Å². The van der Waals surface area contributed by atoms with Crippen LogP contribution in [0.25, 0.3) is 0 Å². The van der Waals surface area contributed by atoms with Gasteiger partial charge >= 0.3 is 0 Å². The lowest BCUT2D eigenvalue weighted by Crippen LogP contribution is -2.24. The van der Waals surface area contributed by atoms with E-state index in [0.29, 0.717) is 5.69 Å². The van der Waals surface area contributed by atoms with Crippen molar-refractivity contribution in [2.75, 3.05) is 5.01 Å². The molecule has 0 aromatic heterocycles. The van der Waals surface area contributed by atoms with Crippen molar-refractivity contribution in [2.45, 2.75) is 16.7 Å². The second-order valence-corrected chi connectivity index (χ2v) is 7.47. The fraction of sp³-hybridized carbons (Fsp3) is 0.0526. The van der Waals surface area contributed by atoms with Gasteiger partial charge < -0.3 is 0 Å². The van der Waals surface area contributed by atoms with E-state index in [-0.39, 0.29) is 9.79 Å². The first-order chi connectivity index (χ1) is 11.5. The molecule has 3 aromatic carbocycles. The van der Waals surface area contributed by atoms with E-state index in [1.165, 1.54) is 5.01 Å². The molecule has 0 heterocycles. The molecule has 0 saturated heterocycles. The molecule has 2 N–H and O–H groups in total. The third-order valence-corrected chi connectivity index (χ3v) is 5.58. The van der Waals surface area contributed by atoms with Gasteiger partial charge in [-0.3, -0.25) is 5.01 Å². The monoisotopic (exact) mass is 338 g/mol. The van der Waals surface area contributed by atoms with Crippen molar-refractivity contribution >= 4 is 21.2 Å². The maximum atomic E-state index is 12.6. The van der Waals surface area contributed by atoms with Crippen LogP contribution in [0.15, 0.2) is 88.7 Å². The number of anilines is 2. The van der Waals surface area contributed by atoms with Crippen LogP contribution in [0.5, 0.6) is 0 Å². The van der Waals surface area contributed by atoms with Crippen LogP contribution in [0.3, 0.4) is 0 Å². The number of hydrazine groups is 1. The number of hydrogen-bond acceptors (Lipinski definition) is 4. The molecule has 0 saturated carbocycles. The molecule has 0 spiro atoms. The van der Waals surface area contributed by atoms with E-state index < -0.39 is 9.84 Å². The van der Waals surface area contributed by atoms with Crippen LogP contribution in [0.2, 0.25) is 0 Å². The summed E-state index contributed by atoms with van der Waals surface area (Å²) in [7, 11) is -3.51. The third-order valence-electron chi connectivity index (χ3n) is 3.79. The van der Waals surface area contributed by atoms with Gasteiger partial charge in [-0.25, -0.2) is 14.3 Å². The number of nitrogens with zero attached hydrogens (tertiary/aromatic N) is 1. The Kier molecular flexibility index (Phi) is 4.38. The number of rotatable bonds is 4. The standard InChI is InChI=1S/C19H18N2O2S/c1-15-7-9-16(10-8-15)21(20)17-11-13-19(14-12-17)24(22,23)18-5-3-2-4-6-18/h2-14H,20H2,1H3. The Morgan fingerprint density at radius 2 is 1.17 bits per heavy atom. The van der Waals surface area contributed by atoms with E-state index in [1.807, 2.05) is 31.2 Å². The Balaban J connectivity index is 1.89. The summed E-state index contributed by atoms with van der Waals surface area (Å²) in [6.07, 6.45) is 0. The zero-order chi connectivity index (χ0) is 17.2. The summed E-state index contributed by atoms with van der Waals surface area (Å²) in [6, 6.07) is 22.7. The van der Waals surface area contributed by atoms with E-state index in [0.717, 1.165) is 11.3 Å². The number of aryl methyl sites for hydroxylation is 1. The lowest BCUT2D eigenvalue weighted by molar-refractivity contribution is 0.596. The summed E-state index contributed by atoms with van der Waals surface area (Å²) in [4.78, 5) is 0.524. The molecule has 3 aromatic rings. The Morgan fingerprint density at radius 3 is 1.71 bits per heavy atom. The smallest absolute Gasteiger partial charge is 0.206 e. The van der Waals surface area contributed by atoms with Gasteiger partial charge in [-0.1, -0.05) is 35.9 Å². The first-order valence-corrected chi connectivity index (χ1v) is 8.98. The molecule has 4 nitrogen and oxygen atoms in total. The van der Waals surface area contributed by atoms with Crippen LogP contribution in [-0.4, -0.2) is 8.42 Å². The van der Waals surface area contributed by atoms with Crippen LogP contribution in [-0.2, 0) is 9.84 Å². The molecular weight excluding hydrogens is 320 g/mol. The minimum absolute atomic E-state index is 0.245. The Bertz CT molecular complexity index is 919. The summed E-state index contributed by atoms with van der Waals surface area (Å²) < 4.78 is 25.2. The highest BCUT2D eigenvalue weighted by Crippen LogP contribution is 2.26. The van der Waals surface area contributed by atoms with Gasteiger partial charge in [-0.15, -0.1) is 0 Å². The number of sulfone groups is 1.